The van der Waals surface area contributed by atoms with Crippen LogP contribution < -0.4 is 10.2 Å². The van der Waals surface area contributed by atoms with Crippen molar-refractivity contribution in [1.82, 2.24) is 29.9 Å². The molecule has 2 atom stereocenters. The largest absolute Gasteiger partial charge is 0.354 e. The molecule has 174 valence electrons. The van der Waals surface area contributed by atoms with E-state index < -0.39 is 0 Å². The van der Waals surface area contributed by atoms with Crippen molar-refractivity contribution < 1.29 is 0 Å². The average molecular weight is 446 g/mol. The fraction of sp³-hybridized carbons (Fsp3) is 0.500. The monoisotopic (exact) mass is 445 g/mol. The second kappa shape index (κ2) is 8.45. The minimum absolute atomic E-state index is 0.333. The molecule has 4 aromatic rings. The van der Waals surface area contributed by atoms with Crippen LogP contribution >= 0.6 is 0 Å². The number of H-pyrrole nitrogens is 1. The van der Waals surface area contributed by atoms with Gasteiger partial charge in [-0.25, -0.2) is 14.5 Å². The van der Waals surface area contributed by atoms with Gasteiger partial charge in [0, 0.05) is 36.0 Å². The zero-order valence-corrected chi connectivity index (χ0v) is 20.6. The van der Waals surface area contributed by atoms with E-state index in [-0.39, 0.29) is 0 Å². The summed E-state index contributed by atoms with van der Waals surface area (Å²) in [5, 5.41) is 8.02. The molecule has 0 radical (unpaired) electrons. The zero-order chi connectivity index (χ0) is 23.3. The molecule has 33 heavy (non-hydrogen) atoms. The Balaban J connectivity index is 1.60. The number of hydrogen-bond acceptors (Lipinski definition) is 5. The van der Waals surface area contributed by atoms with Crippen LogP contribution in [0.3, 0.4) is 0 Å². The van der Waals surface area contributed by atoms with Crippen LogP contribution in [0.4, 0.5) is 5.82 Å². The quantitative estimate of drug-likeness (QED) is 0.453. The Labute approximate surface area is 195 Å². The lowest BCUT2D eigenvalue weighted by Crippen LogP contribution is -2.47. The molecule has 2 N–H and O–H groups in total. The van der Waals surface area contributed by atoms with Gasteiger partial charge >= 0.3 is 0 Å². The number of aryl methyl sites for hydroxylation is 1. The number of aromatic amines is 1. The second-order valence-electron chi connectivity index (χ2n) is 9.78. The number of anilines is 1. The first-order valence-corrected chi connectivity index (χ1v) is 12.2. The molecule has 4 aromatic heterocycles. The smallest absolute Gasteiger partial charge is 0.158 e. The molecule has 7 nitrogen and oxygen atoms in total. The Morgan fingerprint density at radius 1 is 1.21 bits per heavy atom. The molecule has 5 heterocycles. The highest BCUT2D eigenvalue weighted by molar-refractivity contribution is 5.90. The van der Waals surface area contributed by atoms with Crippen molar-refractivity contribution in [1.29, 1.82) is 0 Å². The zero-order valence-electron chi connectivity index (χ0n) is 20.6. The molecule has 2 unspecified atom stereocenters. The van der Waals surface area contributed by atoms with E-state index in [2.05, 4.69) is 85.2 Å². The normalized spacial score (nSPS) is 19.3. The molecule has 0 amide bonds. The minimum Gasteiger partial charge on any atom is -0.354 e. The SMILES string of the molecule is CCNC1CCN(c2ccc3[nH]c(-c4cn5ncnc5c(C)c4C)c(C(C)C)c3n2)C(C)C1. The fourth-order valence-electron chi connectivity index (χ4n) is 5.45. The molecule has 0 aromatic carbocycles. The van der Waals surface area contributed by atoms with Gasteiger partial charge in [0.05, 0.1) is 16.7 Å². The molecule has 1 saturated heterocycles. The number of hydrogen-bond donors (Lipinski definition) is 2. The van der Waals surface area contributed by atoms with Crippen LogP contribution in [-0.4, -0.2) is 49.7 Å². The van der Waals surface area contributed by atoms with Crippen LogP contribution in [0.15, 0.2) is 24.7 Å². The highest BCUT2D eigenvalue weighted by Crippen LogP contribution is 2.38. The number of nitrogens with zero attached hydrogens (tertiary/aromatic N) is 5. The Hall–Kier alpha value is -2.93. The second-order valence-corrected chi connectivity index (χ2v) is 9.78. The lowest BCUT2D eigenvalue weighted by atomic mass is 9.95. The van der Waals surface area contributed by atoms with Crippen molar-refractivity contribution in [2.24, 2.45) is 0 Å². The molecule has 1 fully saturated rings. The van der Waals surface area contributed by atoms with Crippen LogP contribution in [0, 0.1) is 13.8 Å². The van der Waals surface area contributed by atoms with Crippen LogP contribution in [0.5, 0.6) is 0 Å². The molecule has 0 spiro atoms. The van der Waals surface area contributed by atoms with E-state index in [4.69, 9.17) is 4.98 Å². The third kappa shape index (κ3) is 3.68. The van der Waals surface area contributed by atoms with Crippen molar-refractivity contribution in [3.63, 3.8) is 0 Å². The maximum absolute atomic E-state index is 5.23. The first-order valence-electron chi connectivity index (χ1n) is 12.2. The first kappa shape index (κ1) is 21.9. The van der Waals surface area contributed by atoms with Crippen LogP contribution in [0.25, 0.3) is 27.9 Å². The van der Waals surface area contributed by atoms with Gasteiger partial charge in [-0.15, -0.1) is 0 Å². The predicted octanol–water partition coefficient (Wildman–Crippen LogP) is 4.98. The third-order valence-corrected chi connectivity index (χ3v) is 7.30. The van der Waals surface area contributed by atoms with Crippen LogP contribution in [0.1, 0.15) is 63.1 Å². The lowest BCUT2D eigenvalue weighted by Gasteiger charge is -2.38. The van der Waals surface area contributed by atoms with Gasteiger partial charge in [0.2, 0.25) is 0 Å². The molecule has 0 bridgehead atoms. The number of nitrogens with one attached hydrogen (secondary N) is 2. The van der Waals surface area contributed by atoms with Crippen molar-refractivity contribution in [2.75, 3.05) is 18.0 Å². The molecule has 5 rings (SSSR count). The summed E-state index contributed by atoms with van der Waals surface area (Å²) in [6, 6.07) is 5.45. The maximum Gasteiger partial charge on any atom is 0.158 e. The lowest BCUT2D eigenvalue weighted by molar-refractivity contribution is 0.372. The van der Waals surface area contributed by atoms with Gasteiger partial charge in [0.25, 0.3) is 0 Å². The number of fused-ring (bicyclic) bond motifs is 2. The molecule has 7 heteroatoms. The van der Waals surface area contributed by atoms with E-state index in [1.807, 2.05) is 4.52 Å². The van der Waals surface area contributed by atoms with E-state index in [1.54, 1.807) is 6.33 Å². The Kier molecular flexibility index (Phi) is 5.60. The predicted molar refractivity (Wildman–Crippen MR) is 135 cm³/mol. The molecule has 0 saturated carbocycles. The van der Waals surface area contributed by atoms with E-state index in [0.717, 1.165) is 65.3 Å². The highest BCUT2D eigenvalue weighted by atomic mass is 15.3. The van der Waals surface area contributed by atoms with Gasteiger partial charge in [-0.3, -0.25) is 0 Å². The molecular weight excluding hydrogens is 410 g/mol. The van der Waals surface area contributed by atoms with Gasteiger partial charge in [0.15, 0.2) is 5.65 Å². The van der Waals surface area contributed by atoms with Crippen molar-refractivity contribution in [3.05, 3.63) is 41.3 Å². The summed E-state index contributed by atoms with van der Waals surface area (Å²) in [7, 11) is 0. The van der Waals surface area contributed by atoms with E-state index >= 15 is 0 Å². The standard InChI is InChI=1S/C26H35N7/c1-7-27-19-10-11-32(16(4)12-19)22-9-8-21-25(31-22)23(15(2)3)24(30-21)20-13-33-26(28-14-29-33)18(6)17(20)5/h8-9,13-16,19,27,30H,7,10-12H2,1-6H3. The van der Waals surface area contributed by atoms with Gasteiger partial charge in [0.1, 0.15) is 12.1 Å². The Morgan fingerprint density at radius 3 is 2.76 bits per heavy atom. The van der Waals surface area contributed by atoms with Crippen molar-refractivity contribution in [2.45, 2.75) is 72.4 Å². The summed E-state index contributed by atoms with van der Waals surface area (Å²) in [4.78, 5) is 15.8. The number of rotatable bonds is 5. The first-order chi connectivity index (χ1) is 15.9. The third-order valence-electron chi connectivity index (χ3n) is 7.30. The molecule has 1 aliphatic heterocycles. The summed E-state index contributed by atoms with van der Waals surface area (Å²) < 4.78 is 1.88. The van der Waals surface area contributed by atoms with Crippen molar-refractivity contribution >= 4 is 22.5 Å². The number of pyridine rings is 2. The Morgan fingerprint density at radius 2 is 2.03 bits per heavy atom. The summed E-state index contributed by atoms with van der Waals surface area (Å²) >= 11 is 0. The Bertz CT molecular complexity index is 1300. The highest BCUT2D eigenvalue weighted by Gasteiger charge is 2.27. The summed E-state index contributed by atoms with van der Waals surface area (Å²) in [5.41, 5.74) is 9.03. The van der Waals surface area contributed by atoms with Crippen LogP contribution in [0.2, 0.25) is 0 Å². The van der Waals surface area contributed by atoms with E-state index in [1.165, 1.54) is 11.1 Å². The van der Waals surface area contributed by atoms with Gasteiger partial charge in [-0.2, -0.15) is 5.10 Å². The molecule has 0 aliphatic carbocycles. The van der Waals surface area contributed by atoms with Crippen molar-refractivity contribution in [3.8, 4) is 11.3 Å². The summed E-state index contributed by atoms with van der Waals surface area (Å²) in [6.07, 6.45) is 6.02. The van der Waals surface area contributed by atoms with Gasteiger partial charge in [-0.05, 0) is 69.3 Å². The van der Waals surface area contributed by atoms with Gasteiger partial charge in [-0.1, -0.05) is 20.8 Å². The number of aromatic nitrogens is 5. The average Bonchev–Trinajstić information content (AvgIpc) is 3.40. The number of piperidine rings is 1. The molecular formula is C26H35N7. The van der Waals surface area contributed by atoms with Crippen LogP contribution in [-0.2, 0) is 0 Å². The topological polar surface area (TPSA) is 74.1 Å². The maximum atomic E-state index is 5.23. The van der Waals surface area contributed by atoms with E-state index in [0.29, 0.717) is 18.0 Å². The van der Waals surface area contributed by atoms with E-state index in [9.17, 15) is 0 Å². The summed E-state index contributed by atoms with van der Waals surface area (Å²) in [5.74, 6) is 1.41. The fourth-order valence-corrected chi connectivity index (χ4v) is 5.45. The van der Waals surface area contributed by atoms with Gasteiger partial charge < -0.3 is 15.2 Å². The minimum atomic E-state index is 0.333. The summed E-state index contributed by atoms with van der Waals surface area (Å²) in [6.45, 7) is 15.4. The molecule has 1 aliphatic rings.